The van der Waals surface area contributed by atoms with Crippen LogP contribution in [0, 0.1) is 11.2 Å². The summed E-state index contributed by atoms with van der Waals surface area (Å²) in [6.07, 6.45) is 1.33. The van der Waals surface area contributed by atoms with Crippen LogP contribution in [0.15, 0.2) is 45.7 Å². The number of hydrogen-bond donors (Lipinski definition) is 1. The van der Waals surface area contributed by atoms with Gasteiger partial charge in [-0.05, 0) is 24.3 Å². The monoisotopic (exact) mass is 455 g/mol. The minimum absolute atomic E-state index is 0.0151. The average molecular weight is 455 g/mol. The molecule has 0 aliphatic heterocycles. The third kappa shape index (κ3) is 5.57. The molecule has 0 aliphatic carbocycles. The molecule has 3 aromatic rings. The molecule has 0 aliphatic rings. The molecule has 0 atom stereocenters. The van der Waals surface area contributed by atoms with Crippen LogP contribution in [0.1, 0.15) is 51.2 Å². The number of rotatable bonds is 7. The summed E-state index contributed by atoms with van der Waals surface area (Å²) in [6.45, 7) is 8.63. The highest BCUT2D eigenvalue weighted by atomic mass is 19.1. The lowest BCUT2D eigenvalue weighted by Gasteiger charge is -2.22. The molecular formula is C23H26FN5O4. The van der Waals surface area contributed by atoms with Crippen molar-refractivity contribution in [1.82, 2.24) is 25.1 Å². The van der Waals surface area contributed by atoms with Crippen LogP contribution in [0.4, 0.5) is 4.39 Å². The summed E-state index contributed by atoms with van der Waals surface area (Å²) < 4.78 is 20.0. The molecule has 2 aromatic heterocycles. The van der Waals surface area contributed by atoms with E-state index in [9.17, 15) is 18.8 Å². The van der Waals surface area contributed by atoms with Crippen LogP contribution in [0.3, 0.4) is 0 Å². The van der Waals surface area contributed by atoms with Gasteiger partial charge in [-0.2, -0.15) is 0 Å². The van der Waals surface area contributed by atoms with Gasteiger partial charge in [0, 0.05) is 29.8 Å². The Labute approximate surface area is 190 Å². The topological polar surface area (TPSA) is 120 Å². The van der Waals surface area contributed by atoms with E-state index in [1.807, 2.05) is 20.8 Å². The molecule has 0 saturated heterocycles. The van der Waals surface area contributed by atoms with Crippen LogP contribution in [0.5, 0.6) is 0 Å². The van der Waals surface area contributed by atoms with Gasteiger partial charge in [0.15, 0.2) is 0 Å². The highest BCUT2D eigenvalue weighted by Gasteiger charge is 2.34. The van der Waals surface area contributed by atoms with Crippen LogP contribution >= 0.6 is 0 Å². The van der Waals surface area contributed by atoms with Crippen LogP contribution < -0.4 is 10.9 Å². The normalized spacial score (nSPS) is 11.9. The molecule has 2 heterocycles. The van der Waals surface area contributed by atoms with Gasteiger partial charge in [-0.15, -0.1) is 10.2 Å². The molecule has 0 unspecified atom stereocenters. The predicted octanol–water partition coefficient (Wildman–Crippen LogP) is 2.76. The van der Waals surface area contributed by atoms with Gasteiger partial charge in [0.05, 0.1) is 5.41 Å². The summed E-state index contributed by atoms with van der Waals surface area (Å²) in [5.74, 6) is -0.875. The summed E-state index contributed by atoms with van der Waals surface area (Å²) in [5.41, 5.74) is -1.38. The number of ketones is 1. The Balaban J connectivity index is 1.71. The summed E-state index contributed by atoms with van der Waals surface area (Å²) in [5, 5.41) is 10.5. The van der Waals surface area contributed by atoms with Gasteiger partial charge in [0.2, 0.25) is 17.6 Å². The molecule has 10 heteroatoms. The van der Waals surface area contributed by atoms with Crippen LogP contribution in [-0.2, 0) is 16.8 Å². The fourth-order valence-corrected chi connectivity index (χ4v) is 2.92. The van der Waals surface area contributed by atoms with E-state index in [4.69, 9.17) is 4.42 Å². The second kappa shape index (κ2) is 9.05. The van der Waals surface area contributed by atoms with E-state index in [0.717, 1.165) is 0 Å². The number of aromatic nitrogens is 4. The number of Topliss-reactive ketones (excluding diaryl/α,β-unsaturated/α-hetero) is 1. The Morgan fingerprint density at radius 1 is 1.06 bits per heavy atom. The molecule has 0 radical (unpaired) electrons. The van der Waals surface area contributed by atoms with E-state index in [1.165, 1.54) is 41.1 Å². The van der Waals surface area contributed by atoms with E-state index < -0.39 is 33.9 Å². The lowest BCUT2D eigenvalue weighted by molar-refractivity contribution is -0.122. The lowest BCUT2D eigenvalue weighted by atomic mass is 9.88. The molecule has 33 heavy (non-hydrogen) atoms. The fourth-order valence-electron chi connectivity index (χ4n) is 2.92. The molecule has 0 bridgehead atoms. The first kappa shape index (κ1) is 24.0. The molecule has 174 valence electrons. The zero-order valence-corrected chi connectivity index (χ0v) is 19.2. The van der Waals surface area contributed by atoms with Crippen molar-refractivity contribution in [3.8, 4) is 11.4 Å². The fraction of sp³-hybridized carbons (Fsp3) is 0.391. The SMILES string of the molecule is CC(C)(CNC(=O)Cn1c(-c2ccc(F)cc2)nccc1=O)C(=O)c1nnc(C(C)(C)C)o1. The number of amides is 1. The van der Waals surface area contributed by atoms with Gasteiger partial charge in [0.25, 0.3) is 11.4 Å². The van der Waals surface area contributed by atoms with Gasteiger partial charge in [-0.25, -0.2) is 9.37 Å². The van der Waals surface area contributed by atoms with Crippen LogP contribution in [0.25, 0.3) is 11.4 Å². The number of halogens is 1. The minimum atomic E-state index is -1.03. The first-order chi connectivity index (χ1) is 15.4. The zero-order chi connectivity index (χ0) is 24.4. The highest BCUT2D eigenvalue weighted by Crippen LogP contribution is 2.25. The average Bonchev–Trinajstić information content (AvgIpc) is 3.25. The maximum atomic E-state index is 13.3. The van der Waals surface area contributed by atoms with Crippen molar-refractivity contribution >= 4 is 11.7 Å². The number of nitrogens with zero attached hydrogens (tertiary/aromatic N) is 4. The molecule has 1 aromatic carbocycles. The zero-order valence-electron chi connectivity index (χ0n) is 19.2. The van der Waals surface area contributed by atoms with E-state index in [2.05, 4.69) is 20.5 Å². The minimum Gasteiger partial charge on any atom is -0.418 e. The molecule has 1 amide bonds. The molecule has 9 nitrogen and oxygen atoms in total. The molecule has 0 fully saturated rings. The maximum absolute atomic E-state index is 13.3. The van der Waals surface area contributed by atoms with Crippen LogP contribution in [-0.4, -0.2) is 38.0 Å². The quantitative estimate of drug-likeness (QED) is 0.544. The highest BCUT2D eigenvalue weighted by molar-refractivity contribution is 5.96. The third-order valence-electron chi connectivity index (χ3n) is 4.94. The second-order valence-electron chi connectivity index (χ2n) is 9.35. The van der Waals surface area contributed by atoms with Crippen molar-refractivity contribution in [3.05, 3.63) is 64.5 Å². The Morgan fingerprint density at radius 3 is 2.33 bits per heavy atom. The number of nitrogens with one attached hydrogen (secondary N) is 1. The Bertz CT molecular complexity index is 1220. The molecule has 0 saturated carbocycles. The van der Waals surface area contributed by atoms with Gasteiger partial charge >= 0.3 is 0 Å². The predicted molar refractivity (Wildman–Crippen MR) is 118 cm³/mol. The van der Waals surface area contributed by atoms with Crippen molar-refractivity contribution in [2.75, 3.05) is 6.54 Å². The number of hydrogen-bond acceptors (Lipinski definition) is 7. The Hall–Kier alpha value is -3.69. The van der Waals surface area contributed by atoms with Crippen molar-refractivity contribution in [1.29, 1.82) is 0 Å². The van der Waals surface area contributed by atoms with Gasteiger partial charge in [-0.1, -0.05) is 34.6 Å². The third-order valence-corrected chi connectivity index (χ3v) is 4.94. The standard InChI is InChI=1S/C23H26FN5O4/c1-22(2,3)21-28-27-20(33-21)18(32)23(4,5)13-26-16(30)12-29-17(31)10-11-25-19(29)14-6-8-15(24)9-7-14/h6-11H,12-13H2,1-5H3,(H,26,30). The molecule has 1 N–H and O–H groups in total. The maximum Gasteiger partial charge on any atom is 0.284 e. The van der Waals surface area contributed by atoms with E-state index in [1.54, 1.807) is 13.8 Å². The van der Waals surface area contributed by atoms with Gasteiger partial charge in [0.1, 0.15) is 18.2 Å². The van der Waals surface area contributed by atoms with Crippen LogP contribution in [0.2, 0.25) is 0 Å². The van der Waals surface area contributed by atoms with Crippen molar-refractivity contribution in [2.45, 2.75) is 46.6 Å². The smallest absolute Gasteiger partial charge is 0.284 e. The van der Waals surface area contributed by atoms with Gasteiger partial charge in [-0.3, -0.25) is 19.0 Å². The van der Waals surface area contributed by atoms with E-state index in [0.29, 0.717) is 11.5 Å². The summed E-state index contributed by atoms with van der Waals surface area (Å²) >= 11 is 0. The number of carbonyl (C=O) groups excluding carboxylic acids is 2. The lowest BCUT2D eigenvalue weighted by Crippen LogP contribution is -2.41. The Morgan fingerprint density at radius 2 is 1.73 bits per heavy atom. The van der Waals surface area contributed by atoms with Crippen molar-refractivity contribution in [3.63, 3.8) is 0 Å². The first-order valence-corrected chi connectivity index (χ1v) is 10.4. The van der Waals surface area contributed by atoms with Crippen molar-refractivity contribution < 1.29 is 18.4 Å². The largest absolute Gasteiger partial charge is 0.418 e. The second-order valence-corrected chi connectivity index (χ2v) is 9.35. The first-order valence-electron chi connectivity index (χ1n) is 10.4. The number of benzene rings is 1. The molecular weight excluding hydrogens is 429 g/mol. The van der Waals surface area contributed by atoms with E-state index in [-0.39, 0.29) is 24.8 Å². The van der Waals surface area contributed by atoms with E-state index >= 15 is 0 Å². The Kier molecular flexibility index (Phi) is 6.57. The van der Waals surface area contributed by atoms with Crippen molar-refractivity contribution in [2.24, 2.45) is 5.41 Å². The molecule has 3 rings (SSSR count). The summed E-state index contributed by atoms with van der Waals surface area (Å²) in [7, 11) is 0. The van der Waals surface area contributed by atoms with Gasteiger partial charge < -0.3 is 9.73 Å². The summed E-state index contributed by atoms with van der Waals surface area (Å²) in [4.78, 5) is 42.0. The number of carbonyl (C=O) groups is 2. The summed E-state index contributed by atoms with van der Waals surface area (Å²) in [6, 6.07) is 6.68. The molecule has 0 spiro atoms.